The molecule has 0 saturated carbocycles. The first kappa shape index (κ1) is 88.9. The average molecular weight is 1530 g/mol. The molecule has 0 spiro atoms. The predicted molar refractivity (Wildman–Crippen MR) is 365 cm³/mol. The van der Waals surface area contributed by atoms with E-state index in [0.717, 1.165) is 0 Å². The van der Waals surface area contributed by atoms with Crippen molar-refractivity contribution in [1.82, 2.24) is 37.2 Å². The fourth-order valence-corrected chi connectivity index (χ4v) is 13.8. The summed E-state index contributed by atoms with van der Waals surface area (Å²) in [5, 5.41) is 192. The van der Waals surface area contributed by atoms with E-state index in [4.69, 9.17) is 106 Å². The fraction of sp³-hybridized carbons (Fsp3) is 1.00. The number of ether oxygens (including phenoxy) is 14. The molecule has 0 aromatic heterocycles. The Morgan fingerprint density at radius 2 is 0.286 bits per heavy atom. The van der Waals surface area contributed by atoms with Crippen LogP contribution in [0.4, 0.5) is 0 Å². The molecule has 42 nitrogen and oxygen atoms in total. The van der Waals surface area contributed by atoms with E-state index in [2.05, 4.69) is 37.2 Å². The molecule has 21 saturated heterocycles. The first-order valence-electron chi connectivity index (χ1n) is 37.2. The van der Waals surface area contributed by atoms with Crippen molar-refractivity contribution in [3.63, 3.8) is 0 Å². The lowest BCUT2D eigenvalue weighted by Crippen LogP contribution is -2.69. The molecule has 616 valence electrons. The van der Waals surface area contributed by atoms with Crippen LogP contribution in [0.5, 0.6) is 0 Å². The van der Waals surface area contributed by atoms with E-state index < -0.39 is 215 Å². The first-order valence-corrected chi connectivity index (χ1v) is 37.2. The fourth-order valence-electron chi connectivity index (χ4n) is 13.8. The Morgan fingerprint density at radius 3 is 0.390 bits per heavy atom. The molecule has 21 fully saturated rings. The van der Waals surface area contributed by atoms with E-state index in [0.29, 0.717) is 90.8 Å². The highest BCUT2D eigenvalue weighted by atomic mass is 16.8. The number of hydrogen-bond acceptors (Lipinski definition) is 42. The molecule has 0 aromatic carbocycles. The molecule has 0 unspecified atom stereocenters. The second-order valence-electron chi connectivity index (χ2n) is 27.8. The first-order chi connectivity index (χ1) is 50.7. The predicted octanol–water partition coefficient (Wildman–Crippen LogP) is -15.6. The topological polar surface area (TPSA) is 679 Å². The summed E-state index contributed by atoms with van der Waals surface area (Å²) in [5.74, 6) is 0. The zero-order valence-electron chi connectivity index (χ0n) is 59.5. The van der Waals surface area contributed by atoms with Crippen LogP contribution in [0.1, 0.15) is 44.9 Å². The number of hydrogen-bond donors (Lipinski definition) is 28. The molecule has 21 aliphatic rings. The number of aliphatic hydroxyl groups is 14. The van der Waals surface area contributed by atoms with E-state index in [1.165, 1.54) is 0 Å². The maximum Gasteiger partial charge on any atom is 0.187 e. The minimum atomic E-state index is -2.05. The lowest BCUT2D eigenvalue weighted by Gasteiger charge is -2.50. The molecule has 35 atom stereocenters. The summed E-state index contributed by atoms with van der Waals surface area (Å²) in [4.78, 5) is 0. The van der Waals surface area contributed by atoms with Crippen LogP contribution in [0, 0.1) is 0 Å². The van der Waals surface area contributed by atoms with Gasteiger partial charge in [0.2, 0.25) is 0 Å². The second kappa shape index (κ2) is 45.3. The third kappa shape index (κ3) is 23.7. The van der Waals surface area contributed by atoms with Crippen LogP contribution in [0.25, 0.3) is 0 Å². The standard InChI is InChI=1S/C63H126N14O28/c64-8-1-15-71-22-29-50-36(78)43(85)57(92-29)100-51-30(23-72-16-2-9-65)94-59(45(87)38(51)80)102-53-32(25-74-18-4-11-67)96-61(47(89)40(53)82)104-55-34(27-76-20-6-13-69)98-63(49(91)42(55)84)105-56-35(28-77-21-7-14-70)97-62(48(90)41(56)83)103-54-33(26-75-19-5-12-68)95-60(46(88)39(54)81)101-52-31(24-73-17-3-10-66)93-58(99-50)44(86)37(52)79/h29-63,71-91H,1-28,64-70H2/t29-,30-,31-,32-,33-,34-,35-,36-,37-,38-,39-,40-,41-,42-,43-,44-,45-,46-,47+,48+,49+,50-,51-,52-,53-,54-,55-,56-,57-,58-,59-,60-,61-,62-,63-/m1/s1. The van der Waals surface area contributed by atoms with Gasteiger partial charge in [0.15, 0.2) is 44.0 Å². The van der Waals surface area contributed by atoms with Gasteiger partial charge in [-0.15, -0.1) is 0 Å². The number of aliphatic hydroxyl groups excluding tert-OH is 14. The minimum absolute atomic E-state index is 0.154. The molecule has 21 aliphatic heterocycles. The minimum Gasteiger partial charge on any atom is -0.387 e. The second-order valence-corrected chi connectivity index (χ2v) is 27.8. The van der Waals surface area contributed by atoms with Crippen LogP contribution in [0.3, 0.4) is 0 Å². The van der Waals surface area contributed by atoms with Crippen LogP contribution in [0.2, 0.25) is 0 Å². The van der Waals surface area contributed by atoms with Gasteiger partial charge in [-0.1, -0.05) is 0 Å². The summed E-state index contributed by atoms with van der Waals surface area (Å²) in [6, 6.07) is 0. The maximum atomic E-state index is 12.2. The number of nitrogens with one attached hydrogen (secondary N) is 7. The molecule has 14 bridgehead atoms. The highest BCUT2D eigenvalue weighted by Gasteiger charge is 2.60. The van der Waals surface area contributed by atoms with Gasteiger partial charge in [-0.05, 0) is 137 Å². The smallest absolute Gasteiger partial charge is 0.187 e. The van der Waals surface area contributed by atoms with Gasteiger partial charge in [-0.2, -0.15) is 0 Å². The van der Waals surface area contributed by atoms with E-state index >= 15 is 0 Å². The Labute approximate surface area is 610 Å². The summed E-state index contributed by atoms with van der Waals surface area (Å²) in [7, 11) is 0. The monoisotopic (exact) mass is 1530 g/mol. The van der Waals surface area contributed by atoms with Crippen molar-refractivity contribution in [3.05, 3.63) is 0 Å². The van der Waals surface area contributed by atoms with Crippen LogP contribution in [-0.4, -0.2) is 424 Å². The Balaban J connectivity index is 1.19. The van der Waals surface area contributed by atoms with Gasteiger partial charge in [0.05, 0.1) is 0 Å². The van der Waals surface area contributed by atoms with Crippen molar-refractivity contribution in [3.8, 4) is 0 Å². The highest BCUT2D eigenvalue weighted by molar-refractivity contribution is 5.03. The molecule has 0 radical (unpaired) electrons. The van der Waals surface area contributed by atoms with E-state index in [1.807, 2.05) is 0 Å². The van der Waals surface area contributed by atoms with Gasteiger partial charge >= 0.3 is 0 Å². The maximum absolute atomic E-state index is 12.2. The summed E-state index contributed by atoms with van der Waals surface area (Å²) >= 11 is 0. The lowest BCUT2D eigenvalue weighted by molar-refractivity contribution is -0.392. The van der Waals surface area contributed by atoms with Crippen molar-refractivity contribution in [1.29, 1.82) is 0 Å². The van der Waals surface area contributed by atoms with Crippen LogP contribution >= 0.6 is 0 Å². The van der Waals surface area contributed by atoms with Gasteiger partial charge in [-0.25, -0.2) is 0 Å². The van der Waals surface area contributed by atoms with Crippen LogP contribution in [0.15, 0.2) is 0 Å². The van der Waals surface area contributed by atoms with E-state index in [-0.39, 0.29) is 91.6 Å². The number of nitrogens with two attached hydrogens (primary N) is 7. The van der Waals surface area contributed by atoms with Gasteiger partial charge in [0, 0.05) is 45.8 Å². The molecule has 21 heterocycles. The Kier molecular flexibility index (Phi) is 38.3. The van der Waals surface area contributed by atoms with Crippen LogP contribution < -0.4 is 77.4 Å². The van der Waals surface area contributed by atoms with Gasteiger partial charge in [0.1, 0.15) is 171 Å². The van der Waals surface area contributed by atoms with E-state index in [1.54, 1.807) is 0 Å². The van der Waals surface area contributed by atoms with Crippen molar-refractivity contribution < 1.29 is 138 Å². The molecule has 0 aromatic rings. The Hall–Kier alpha value is -1.68. The third-order valence-electron chi connectivity index (χ3n) is 19.8. The molecular formula is C63H126N14O28. The normalized spacial score (nSPS) is 43.8. The largest absolute Gasteiger partial charge is 0.387 e. The third-order valence-corrected chi connectivity index (χ3v) is 19.8. The van der Waals surface area contributed by atoms with Gasteiger partial charge in [0.25, 0.3) is 0 Å². The molecule has 0 amide bonds. The molecular weight excluding hydrogens is 1400 g/mol. The van der Waals surface area contributed by atoms with Crippen LogP contribution in [-0.2, 0) is 66.3 Å². The number of rotatable bonds is 35. The summed E-state index contributed by atoms with van der Waals surface area (Å²) in [6.45, 7) is 3.00. The molecule has 105 heavy (non-hydrogen) atoms. The van der Waals surface area contributed by atoms with E-state index in [9.17, 15) is 71.5 Å². The van der Waals surface area contributed by atoms with Gasteiger partial charge in [-0.3, -0.25) is 0 Å². The van der Waals surface area contributed by atoms with Gasteiger partial charge < -0.3 is 215 Å². The SMILES string of the molecule is NCCCNC[C@H]1O[C@@H]2O[C@H]3[C@H](O)[C@H](O)[C@@H](O[C@H]4[C@H](O)[C@@H](O)[C@@H](O[C@H]5[C@H](O)[C@@H](O)[C@@H](O[C@H]6[C@H](O)[C@@H](O)[C@@H](O[C@H]7[C@H](O)[C@@H](O)[C@@H](O[C@H]8[C@H](O)[C@H](O)[C@@H](O[C@H]1[C@H](O)[C@@H]2O)O[C@@H]8CNCCCN)O[C@@H]7CNCCCN)O[C@@H]6CNCCCN)O[C@@H]5CNCCCN)O[C@@H]4CNCCCN)O[C@@H]3CNCCCN. The molecule has 0 aliphatic carbocycles. The molecule has 35 N–H and O–H groups in total. The molecule has 21 rings (SSSR count). The zero-order valence-corrected chi connectivity index (χ0v) is 59.5. The summed E-state index contributed by atoms with van der Waals surface area (Å²) in [5.41, 5.74) is 40.8. The van der Waals surface area contributed by atoms with Crippen molar-refractivity contribution in [2.45, 2.75) is 260 Å². The zero-order chi connectivity index (χ0) is 75.9. The summed E-state index contributed by atoms with van der Waals surface area (Å²) in [6.07, 6.45) is -58.5. The Morgan fingerprint density at radius 1 is 0.171 bits per heavy atom. The molecule has 42 heteroatoms. The Bertz CT molecular complexity index is 1950. The van der Waals surface area contributed by atoms with Crippen molar-refractivity contribution >= 4 is 0 Å². The average Bonchev–Trinajstić information content (AvgIpc) is 0.793. The summed E-state index contributed by atoms with van der Waals surface area (Å²) < 4.78 is 89.5. The highest BCUT2D eigenvalue weighted by Crippen LogP contribution is 2.39. The van der Waals surface area contributed by atoms with Crippen molar-refractivity contribution in [2.75, 3.05) is 137 Å². The van der Waals surface area contributed by atoms with Crippen molar-refractivity contribution in [2.24, 2.45) is 40.1 Å². The lowest BCUT2D eigenvalue weighted by atomic mass is 9.94. The quantitative estimate of drug-likeness (QED) is 0.0262.